The Hall–Kier alpha value is -7.02. The first kappa shape index (κ1) is 76.3. The number of hydrogen-bond acceptors (Lipinski definition) is 8. The maximum absolute atomic E-state index is 14.8. The summed E-state index contributed by atoms with van der Waals surface area (Å²) < 4.78 is 3.16. The van der Waals surface area contributed by atoms with E-state index < -0.39 is 88.7 Å². The van der Waals surface area contributed by atoms with Gasteiger partial charge in [0, 0.05) is 19.4 Å². The lowest BCUT2D eigenvalue weighted by atomic mass is 9.90. The van der Waals surface area contributed by atoms with Crippen LogP contribution in [0.4, 0.5) is 4.79 Å². The third-order valence-corrected chi connectivity index (χ3v) is 15.8. The van der Waals surface area contributed by atoms with Crippen molar-refractivity contribution in [3.05, 3.63) is 192 Å². The Morgan fingerprint density at radius 1 is 0.354 bits per heavy atom. The number of rotatable bonds is 20. The van der Waals surface area contributed by atoms with Gasteiger partial charge in [-0.2, -0.15) is 0 Å². The van der Waals surface area contributed by atoms with E-state index in [9.17, 15) is 33.6 Å². The SMILES string of the molecule is CC(C)(NC(=O)[C@H](Cc1ccccc1)NC(=O)OCc1ccccc1)C(=O)NC(C)(C)C(=O)NC(C)(C)C(=O)NC(C)(C)C(=O)N[C@@H](Cc1ccc2ccc3cccc4ccc1c2c34)C(=O)NCc1ccc2ccc3cccc4ccc1c2c34.ClC(Cl)Cl.ClC(Cl)Cl.ClC(Cl)Cl. The second-order valence-corrected chi connectivity index (χ2v) is 30.6. The maximum Gasteiger partial charge on any atom is 0.408 e. The van der Waals surface area contributed by atoms with Crippen molar-refractivity contribution in [1.82, 2.24) is 37.2 Å². The van der Waals surface area contributed by atoms with Crippen LogP contribution in [0, 0.1) is 0 Å². The lowest BCUT2D eigenvalue weighted by Gasteiger charge is -2.36. The van der Waals surface area contributed by atoms with Crippen molar-refractivity contribution in [3.8, 4) is 0 Å². The molecule has 506 valence electrons. The predicted molar refractivity (Wildman–Crippen MR) is 394 cm³/mol. The van der Waals surface area contributed by atoms with E-state index in [4.69, 9.17) is 109 Å². The fourth-order valence-corrected chi connectivity index (χ4v) is 10.9. The molecule has 0 saturated heterocycles. The smallest absolute Gasteiger partial charge is 0.408 e. The van der Waals surface area contributed by atoms with Crippen LogP contribution in [-0.4, -0.2) is 88.7 Å². The Balaban J connectivity index is 0.00000100. The summed E-state index contributed by atoms with van der Waals surface area (Å²) in [5, 5.41) is 32.7. The summed E-state index contributed by atoms with van der Waals surface area (Å²) in [7, 11) is 0. The summed E-state index contributed by atoms with van der Waals surface area (Å²) in [6, 6.07) is 53.1. The van der Waals surface area contributed by atoms with Crippen LogP contribution in [0.5, 0.6) is 0 Å². The third-order valence-electron chi connectivity index (χ3n) is 15.8. The minimum absolute atomic E-state index is 0.0270. The lowest BCUT2D eigenvalue weighted by Crippen LogP contribution is -2.68. The molecule has 96 heavy (non-hydrogen) atoms. The highest BCUT2D eigenvalue weighted by Crippen LogP contribution is 2.38. The highest BCUT2D eigenvalue weighted by Gasteiger charge is 2.43. The van der Waals surface area contributed by atoms with Crippen molar-refractivity contribution in [3.63, 3.8) is 0 Å². The minimum Gasteiger partial charge on any atom is -0.445 e. The van der Waals surface area contributed by atoms with Gasteiger partial charge in [-0.25, -0.2) is 4.79 Å². The summed E-state index contributed by atoms with van der Waals surface area (Å²) in [5.74, 6) is -3.98. The van der Waals surface area contributed by atoms with Crippen molar-refractivity contribution >= 4 is 211 Å². The fraction of sp³-hybridized carbons (Fsp3) is 0.292. The molecular weight excluding hydrogens is 1410 g/mol. The van der Waals surface area contributed by atoms with Crippen LogP contribution in [0.2, 0.25) is 0 Å². The van der Waals surface area contributed by atoms with E-state index in [2.05, 4.69) is 116 Å². The minimum atomic E-state index is -1.66. The van der Waals surface area contributed by atoms with Gasteiger partial charge in [0.1, 0.15) is 40.8 Å². The van der Waals surface area contributed by atoms with Gasteiger partial charge < -0.3 is 42.0 Å². The Morgan fingerprint density at radius 3 is 1.14 bits per heavy atom. The highest BCUT2D eigenvalue weighted by atomic mass is 35.6. The molecule has 0 aliphatic carbocycles. The van der Waals surface area contributed by atoms with E-state index in [1.165, 1.54) is 55.4 Å². The second-order valence-electron chi connectivity index (χ2n) is 24.7. The molecule has 0 saturated carbocycles. The van der Waals surface area contributed by atoms with Gasteiger partial charge in [-0.15, -0.1) is 0 Å². The first-order valence-electron chi connectivity index (χ1n) is 30.1. The highest BCUT2D eigenvalue weighted by molar-refractivity contribution is 6.63. The molecule has 10 aromatic carbocycles. The molecule has 0 unspecified atom stereocenters. The number of benzene rings is 10. The molecule has 0 bridgehead atoms. The van der Waals surface area contributed by atoms with E-state index in [1.807, 2.05) is 54.6 Å². The molecule has 0 fully saturated rings. The number of nitrogens with one attached hydrogen (secondary N) is 7. The first-order valence-corrected chi connectivity index (χ1v) is 34.1. The zero-order valence-electron chi connectivity index (χ0n) is 53.5. The van der Waals surface area contributed by atoms with Crippen molar-refractivity contribution in [2.75, 3.05) is 0 Å². The number of alkyl halides is 9. The zero-order valence-corrected chi connectivity index (χ0v) is 60.4. The Bertz CT molecular complexity index is 4310. The van der Waals surface area contributed by atoms with Crippen molar-refractivity contribution in [1.29, 1.82) is 0 Å². The van der Waals surface area contributed by atoms with Crippen molar-refractivity contribution in [2.45, 2.75) is 129 Å². The molecule has 0 aliphatic heterocycles. The van der Waals surface area contributed by atoms with E-state index in [0.717, 1.165) is 86.9 Å². The second kappa shape index (κ2) is 33.5. The van der Waals surface area contributed by atoms with Crippen molar-refractivity contribution < 1.29 is 38.3 Å². The maximum atomic E-state index is 14.8. The summed E-state index contributed by atoms with van der Waals surface area (Å²) in [6.07, 6.45) is -0.635. The molecule has 7 amide bonds. The molecule has 2 atom stereocenters. The molecule has 7 N–H and O–H groups in total. The zero-order chi connectivity index (χ0) is 70.5. The van der Waals surface area contributed by atoms with Crippen LogP contribution in [-0.2, 0) is 59.5 Å². The lowest BCUT2D eigenvalue weighted by molar-refractivity contribution is -0.141. The number of alkyl carbamates (subject to hydrolysis) is 1. The molecule has 15 nitrogen and oxygen atoms in total. The van der Waals surface area contributed by atoms with Gasteiger partial charge in [0.15, 0.2) is 12.9 Å². The predicted octanol–water partition coefficient (Wildman–Crippen LogP) is 15.9. The molecule has 0 aliphatic rings. The van der Waals surface area contributed by atoms with Crippen LogP contribution in [0.25, 0.3) is 64.6 Å². The van der Waals surface area contributed by atoms with Crippen LogP contribution in [0.3, 0.4) is 0 Å². The normalized spacial score (nSPS) is 12.5. The summed E-state index contributed by atoms with van der Waals surface area (Å²) in [6.45, 7) is 11.9. The summed E-state index contributed by atoms with van der Waals surface area (Å²) >= 11 is 43.3. The number of carbonyl (C=O) groups is 7. The van der Waals surface area contributed by atoms with Crippen LogP contribution >= 0.6 is 104 Å². The van der Waals surface area contributed by atoms with E-state index in [1.54, 1.807) is 36.4 Å². The number of carbonyl (C=O) groups excluding carboxylic acids is 7. The van der Waals surface area contributed by atoms with Crippen LogP contribution in [0.15, 0.2) is 170 Å². The molecule has 0 aromatic heterocycles. The first-order chi connectivity index (χ1) is 45.2. The largest absolute Gasteiger partial charge is 0.445 e. The fourth-order valence-electron chi connectivity index (χ4n) is 10.9. The van der Waals surface area contributed by atoms with Crippen LogP contribution < -0.4 is 37.2 Å². The molecular formula is C72H72Cl9N7O8. The molecule has 24 heteroatoms. The molecule has 0 heterocycles. The van der Waals surface area contributed by atoms with Gasteiger partial charge in [-0.3, -0.25) is 28.8 Å². The van der Waals surface area contributed by atoms with Gasteiger partial charge >= 0.3 is 6.09 Å². The van der Waals surface area contributed by atoms with Gasteiger partial charge in [0.2, 0.25) is 35.4 Å². The Kier molecular flexibility index (Phi) is 26.6. The Labute approximate surface area is 602 Å². The van der Waals surface area contributed by atoms with Gasteiger partial charge in [-0.1, -0.05) is 274 Å². The average molecular weight is 1480 g/mol. The summed E-state index contributed by atoms with van der Waals surface area (Å²) in [4.78, 5) is 98.8. The molecule has 0 spiro atoms. The van der Waals surface area contributed by atoms with Gasteiger partial charge in [-0.05, 0) is 142 Å². The monoisotopic (exact) mass is 1480 g/mol. The summed E-state index contributed by atoms with van der Waals surface area (Å²) in [5.41, 5.74) is -3.33. The molecule has 10 rings (SSSR count). The van der Waals surface area contributed by atoms with E-state index >= 15 is 0 Å². The average Bonchev–Trinajstić information content (AvgIpc) is 0.748. The number of amides is 7. The number of hydrogen-bond donors (Lipinski definition) is 7. The molecule has 10 aromatic rings. The number of halogens is 9. The Morgan fingerprint density at radius 2 is 0.698 bits per heavy atom. The standard InChI is InChI=1S/C69H69N7O8.3CHCl3/c1-66(2,74-63(81)68(5,6)76-64(82)69(7,8)75-62(80)67(3,4)73-60(78)53(37-41-17-11-9-12-18-41)72-65(83)84-40-42-19-13-10-14-20-42)61(79)71-54(38-49-31-29-47-27-25-43-21-15-23-45-33-35-51(49)57(47)55(43)45)59(77)70-39-50-32-30-48-28-26-44-22-16-24-46-34-36-52(50)58(48)56(44)46;3*2-1(3)4/h9-36,53-54H,37-40H2,1-8H3,(H,70,77)(H,71,79)(H,72,83)(H,73,78)(H,74,81)(H,75,80)(H,76,82);3*1H/t53-,54-;;;/m0.../s1. The third kappa shape index (κ3) is 20.5. The van der Waals surface area contributed by atoms with Gasteiger partial charge in [0.25, 0.3) is 0 Å². The topological polar surface area (TPSA) is 213 Å². The van der Waals surface area contributed by atoms with E-state index in [0.29, 0.717) is 0 Å². The van der Waals surface area contributed by atoms with Crippen LogP contribution in [0.1, 0.15) is 77.6 Å². The quantitative estimate of drug-likeness (QED) is 0.0287. The number of ether oxygens (including phenoxy) is 1. The van der Waals surface area contributed by atoms with Crippen molar-refractivity contribution in [2.24, 2.45) is 0 Å². The molecule has 0 radical (unpaired) electrons. The van der Waals surface area contributed by atoms with E-state index in [-0.39, 0.29) is 26.0 Å². The van der Waals surface area contributed by atoms with Gasteiger partial charge in [0.05, 0.1) is 0 Å².